The fourth-order valence-electron chi connectivity index (χ4n) is 3.24. The van der Waals surface area contributed by atoms with Crippen molar-refractivity contribution in [3.8, 4) is 5.75 Å². The number of carboxylic acid groups (broad SMARTS) is 1. The lowest BCUT2D eigenvalue weighted by atomic mass is 10.2. The summed E-state index contributed by atoms with van der Waals surface area (Å²) in [6.45, 7) is 0.186. The SMILES string of the molecule is O=C(O)CCCCN(C(=O)Nc1ccc(OC(F)(F)CC(F)(F)F)cc1)c1ccc2[nH]c(=S)sc2c1. The number of amides is 2. The Balaban J connectivity index is 1.73. The number of hydrogen-bond donors (Lipinski definition) is 3. The highest BCUT2D eigenvalue weighted by molar-refractivity contribution is 7.73. The van der Waals surface area contributed by atoms with Crippen molar-refractivity contribution < 1.29 is 41.4 Å². The Bertz CT molecular complexity index is 1280. The summed E-state index contributed by atoms with van der Waals surface area (Å²) in [5.74, 6) is -1.46. The zero-order valence-electron chi connectivity index (χ0n) is 18.4. The summed E-state index contributed by atoms with van der Waals surface area (Å²) in [7, 11) is 0. The molecule has 0 atom stereocenters. The Kier molecular flexibility index (Phi) is 8.51. The largest absolute Gasteiger partial charge is 0.481 e. The number of ether oxygens (including phenoxy) is 1. The molecule has 2 amide bonds. The molecule has 7 nitrogen and oxygen atoms in total. The number of fused-ring (bicyclic) bond motifs is 1. The van der Waals surface area contributed by atoms with Crippen molar-refractivity contribution in [3.63, 3.8) is 0 Å². The molecule has 3 N–H and O–H groups in total. The lowest BCUT2D eigenvalue weighted by Crippen LogP contribution is -2.36. The number of aliphatic carboxylic acids is 1. The van der Waals surface area contributed by atoms with Gasteiger partial charge in [0.05, 0.1) is 10.2 Å². The van der Waals surface area contributed by atoms with Gasteiger partial charge in [-0.15, -0.1) is 11.3 Å². The number of halogens is 5. The number of alkyl halides is 5. The number of aromatic nitrogens is 1. The van der Waals surface area contributed by atoms with Gasteiger partial charge in [-0.2, -0.15) is 22.0 Å². The van der Waals surface area contributed by atoms with Crippen LogP contribution in [0, 0.1) is 3.95 Å². The Morgan fingerprint density at radius 1 is 1.08 bits per heavy atom. The van der Waals surface area contributed by atoms with E-state index in [4.69, 9.17) is 17.3 Å². The first-order valence-corrected chi connectivity index (χ1v) is 11.7. The van der Waals surface area contributed by atoms with E-state index in [0.29, 0.717) is 22.5 Å². The number of aromatic amines is 1. The predicted octanol–water partition coefficient (Wildman–Crippen LogP) is 7.18. The van der Waals surface area contributed by atoms with E-state index < -0.39 is 36.5 Å². The van der Waals surface area contributed by atoms with Gasteiger partial charge in [-0.05, 0) is 67.5 Å². The molecule has 0 aliphatic carbocycles. The number of thiazole rings is 1. The number of H-pyrrole nitrogens is 1. The first kappa shape index (κ1) is 27.3. The molecule has 0 radical (unpaired) electrons. The summed E-state index contributed by atoms with van der Waals surface area (Å²) in [6, 6.07) is 9.05. The van der Waals surface area contributed by atoms with Crippen molar-refractivity contribution in [2.45, 2.75) is 38.0 Å². The smallest absolute Gasteiger partial charge is 0.406 e. The van der Waals surface area contributed by atoms with Crippen LogP contribution in [-0.4, -0.2) is 40.9 Å². The lowest BCUT2D eigenvalue weighted by Gasteiger charge is -2.23. The van der Waals surface area contributed by atoms with Crippen LogP contribution in [0.3, 0.4) is 0 Å². The minimum atomic E-state index is -5.11. The van der Waals surface area contributed by atoms with Crippen LogP contribution in [0.4, 0.5) is 38.1 Å². The first-order chi connectivity index (χ1) is 16.8. The van der Waals surface area contributed by atoms with Crippen molar-refractivity contribution in [1.82, 2.24) is 4.98 Å². The molecule has 0 saturated heterocycles. The average molecular weight is 550 g/mol. The number of benzene rings is 2. The molecule has 36 heavy (non-hydrogen) atoms. The summed E-state index contributed by atoms with van der Waals surface area (Å²) in [6.07, 6.45) is -11.3. The van der Waals surface area contributed by atoms with Crippen molar-refractivity contribution >= 4 is 57.1 Å². The van der Waals surface area contributed by atoms with Gasteiger partial charge in [0, 0.05) is 24.3 Å². The number of nitrogens with zero attached hydrogens (tertiary/aromatic N) is 1. The van der Waals surface area contributed by atoms with Gasteiger partial charge >= 0.3 is 24.3 Å². The molecule has 0 fully saturated rings. The third kappa shape index (κ3) is 8.16. The van der Waals surface area contributed by atoms with Crippen LogP contribution in [0.5, 0.6) is 5.75 Å². The van der Waals surface area contributed by atoms with Crippen LogP contribution in [0.25, 0.3) is 10.2 Å². The molecule has 0 saturated carbocycles. The fourth-order valence-corrected chi connectivity index (χ4v) is 4.38. The fraction of sp³-hybridized carbons (Fsp3) is 0.318. The molecule has 14 heteroatoms. The summed E-state index contributed by atoms with van der Waals surface area (Å²) in [5.41, 5.74) is 1.49. The number of anilines is 2. The summed E-state index contributed by atoms with van der Waals surface area (Å²) < 4.78 is 69.2. The second-order valence-corrected chi connectivity index (χ2v) is 9.40. The van der Waals surface area contributed by atoms with Crippen LogP contribution in [0.2, 0.25) is 0 Å². The number of hydrogen-bond acceptors (Lipinski definition) is 5. The summed E-state index contributed by atoms with van der Waals surface area (Å²) >= 11 is 6.46. The van der Waals surface area contributed by atoms with Gasteiger partial charge in [-0.1, -0.05) is 0 Å². The minimum Gasteiger partial charge on any atom is -0.481 e. The maximum atomic E-state index is 13.5. The molecular formula is C22H20F5N3O4S2. The second-order valence-electron chi connectivity index (χ2n) is 7.68. The zero-order chi connectivity index (χ0) is 26.5. The number of carboxylic acids is 1. The van der Waals surface area contributed by atoms with E-state index in [-0.39, 0.29) is 18.7 Å². The highest BCUT2D eigenvalue weighted by Gasteiger charge is 2.45. The van der Waals surface area contributed by atoms with E-state index >= 15 is 0 Å². The van der Waals surface area contributed by atoms with Gasteiger partial charge in [0.15, 0.2) is 3.95 Å². The Labute approximate surface area is 210 Å². The average Bonchev–Trinajstić information content (AvgIpc) is 3.12. The molecule has 0 unspecified atom stereocenters. The standard InChI is InChI=1S/C22H20F5N3O4S2/c23-21(24,25)12-22(26,27)34-15-7-4-13(5-8-15)28-19(33)30(10-2-1-3-18(31)32)14-6-9-16-17(11-14)36-20(35)29-16/h4-9,11H,1-3,10,12H2,(H,28,33)(H,29,35)(H,31,32). The number of carbonyl (C=O) groups is 2. The summed E-state index contributed by atoms with van der Waals surface area (Å²) in [5, 5.41) is 11.4. The lowest BCUT2D eigenvalue weighted by molar-refractivity contribution is -0.255. The minimum absolute atomic E-state index is 0.0614. The number of nitrogens with one attached hydrogen (secondary N) is 2. The van der Waals surface area contributed by atoms with Crippen LogP contribution in [0.15, 0.2) is 42.5 Å². The molecule has 0 aliphatic rings. The zero-order valence-corrected chi connectivity index (χ0v) is 20.0. The van der Waals surface area contributed by atoms with Gasteiger partial charge in [0.25, 0.3) is 0 Å². The van der Waals surface area contributed by atoms with Gasteiger partial charge < -0.3 is 20.1 Å². The second kappa shape index (κ2) is 11.2. The number of urea groups is 1. The van der Waals surface area contributed by atoms with Gasteiger partial charge in [-0.3, -0.25) is 9.69 Å². The molecule has 0 aliphatic heterocycles. The molecule has 2 aromatic carbocycles. The normalized spacial score (nSPS) is 11.9. The topological polar surface area (TPSA) is 94.7 Å². The molecule has 0 bridgehead atoms. The third-order valence-corrected chi connectivity index (χ3v) is 5.96. The molecule has 194 valence electrons. The van der Waals surface area contributed by atoms with Gasteiger partial charge in [-0.25, -0.2) is 4.79 Å². The van der Waals surface area contributed by atoms with E-state index in [9.17, 15) is 31.5 Å². The van der Waals surface area contributed by atoms with E-state index in [1.807, 2.05) is 0 Å². The van der Waals surface area contributed by atoms with Crippen molar-refractivity contribution in [3.05, 3.63) is 46.4 Å². The maximum absolute atomic E-state index is 13.5. The highest BCUT2D eigenvalue weighted by Crippen LogP contribution is 2.34. The van der Waals surface area contributed by atoms with Crippen LogP contribution in [-0.2, 0) is 4.79 Å². The maximum Gasteiger partial charge on any atom is 0.406 e. The van der Waals surface area contributed by atoms with Crippen molar-refractivity contribution in [2.24, 2.45) is 0 Å². The Morgan fingerprint density at radius 3 is 2.42 bits per heavy atom. The monoisotopic (exact) mass is 549 g/mol. The van der Waals surface area contributed by atoms with Crippen molar-refractivity contribution in [1.29, 1.82) is 0 Å². The van der Waals surface area contributed by atoms with Crippen LogP contribution in [0.1, 0.15) is 25.7 Å². The van der Waals surface area contributed by atoms with E-state index in [2.05, 4.69) is 15.0 Å². The van der Waals surface area contributed by atoms with Crippen LogP contribution >= 0.6 is 23.6 Å². The molecule has 3 aromatic rings. The number of rotatable bonds is 10. The van der Waals surface area contributed by atoms with Gasteiger partial charge in [0.2, 0.25) is 0 Å². The molecular weight excluding hydrogens is 529 g/mol. The molecule has 1 aromatic heterocycles. The molecule has 0 spiro atoms. The van der Waals surface area contributed by atoms with Crippen molar-refractivity contribution in [2.75, 3.05) is 16.8 Å². The Hall–Kier alpha value is -3.26. The number of unbranched alkanes of at least 4 members (excludes halogenated alkanes) is 1. The molecule has 3 rings (SSSR count). The van der Waals surface area contributed by atoms with Gasteiger partial charge in [0.1, 0.15) is 12.2 Å². The van der Waals surface area contributed by atoms with Crippen LogP contribution < -0.4 is 15.0 Å². The quantitative estimate of drug-likeness (QED) is 0.142. The molecule has 1 heterocycles. The predicted molar refractivity (Wildman–Crippen MR) is 128 cm³/mol. The first-order valence-electron chi connectivity index (χ1n) is 10.5. The number of carbonyl (C=O) groups excluding carboxylic acids is 1. The highest BCUT2D eigenvalue weighted by atomic mass is 32.1. The van der Waals surface area contributed by atoms with E-state index in [1.165, 1.54) is 28.4 Å². The third-order valence-electron chi connectivity index (χ3n) is 4.76. The summed E-state index contributed by atoms with van der Waals surface area (Å²) in [4.78, 5) is 28.3. The Morgan fingerprint density at radius 2 is 1.78 bits per heavy atom. The van der Waals surface area contributed by atoms with E-state index in [1.54, 1.807) is 18.2 Å². The van der Waals surface area contributed by atoms with E-state index in [0.717, 1.165) is 22.3 Å².